The molecule has 1 atom stereocenters. The largest absolute Gasteiger partial charge is 0.381 e. The van der Waals surface area contributed by atoms with Crippen molar-refractivity contribution in [3.05, 3.63) is 0 Å². The van der Waals surface area contributed by atoms with E-state index in [1.165, 1.54) is 38.5 Å². The summed E-state index contributed by atoms with van der Waals surface area (Å²) in [6, 6.07) is 0.522. The van der Waals surface area contributed by atoms with Crippen LogP contribution in [0.1, 0.15) is 52.4 Å². The standard InChI is InChI=1S/C15H29NO2/c1-3-16-14(13-7-11-17-12-8-13)15(18-4-2)9-5-6-10-15/h13-14,16H,3-12H2,1-2H3. The maximum Gasteiger partial charge on any atom is 0.0837 e. The molecule has 0 aromatic heterocycles. The van der Waals surface area contributed by atoms with E-state index in [-0.39, 0.29) is 5.60 Å². The number of nitrogens with one attached hydrogen (secondary N) is 1. The van der Waals surface area contributed by atoms with E-state index in [9.17, 15) is 0 Å². The van der Waals surface area contributed by atoms with Crippen molar-refractivity contribution in [1.82, 2.24) is 5.32 Å². The SMILES string of the molecule is CCNC(C1CCOCC1)C1(OCC)CCCC1. The predicted octanol–water partition coefficient (Wildman–Crippen LogP) is 2.74. The van der Waals surface area contributed by atoms with Gasteiger partial charge in [-0.1, -0.05) is 19.8 Å². The van der Waals surface area contributed by atoms with Gasteiger partial charge in [0.15, 0.2) is 0 Å². The second kappa shape index (κ2) is 6.88. The Bertz CT molecular complexity index is 233. The average molecular weight is 255 g/mol. The Morgan fingerprint density at radius 3 is 2.44 bits per heavy atom. The summed E-state index contributed by atoms with van der Waals surface area (Å²) in [5, 5.41) is 3.74. The molecule has 0 amide bonds. The molecule has 0 aromatic rings. The normalized spacial score (nSPS) is 26.3. The lowest BCUT2D eigenvalue weighted by atomic mass is 9.79. The van der Waals surface area contributed by atoms with Gasteiger partial charge in [0, 0.05) is 25.9 Å². The van der Waals surface area contributed by atoms with E-state index in [0.29, 0.717) is 6.04 Å². The van der Waals surface area contributed by atoms with Crippen LogP contribution in [0.25, 0.3) is 0 Å². The summed E-state index contributed by atoms with van der Waals surface area (Å²) in [7, 11) is 0. The molecule has 1 N–H and O–H groups in total. The molecule has 0 radical (unpaired) electrons. The van der Waals surface area contributed by atoms with Gasteiger partial charge in [-0.15, -0.1) is 0 Å². The van der Waals surface area contributed by atoms with Gasteiger partial charge in [-0.2, -0.15) is 0 Å². The zero-order valence-corrected chi connectivity index (χ0v) is 12.0. The van der Waals surface area contributed by atoms with Crippen molar-refractivity contribution in [2.75, 3.05) is 26.4 Å². The Labute approximate surface area is 112 Å². The van der Waals surface area contributed by atoms with Gasteiger partial charge in [0.05, 0.1) is 5.60 Å². The molecule has 3 heteroatoms. The summed E-state index contributed by atoms with van der Waals surface area (Å²) in [4.78, 5) is 0. The van der Waals surface area contributed by atoms with Gasteiger partial charge in [0.25, 0.3) is 0 Å². The lowest BCUT2D eigenvalue weighted by Crippen LogP contribution is -2.56. The third-order valence-electron chi connectivity index (χ3n) is 4.61. The molecule has 2 aliphatic rings. The van der Waals surface area contributed by atoms with Gasteiger partial charge < -0.3 is 14.8 Å². The first kappa shape index (κ1) is 14.3. The van der Waals surface area contributed by atoms with E-state index >= 15 is 0 Å². The van der Waals surface area contributed by atoms with Gasteiger partial charge in [-0.05, 0) is 45.1 Å². The number of likely N-dealkylation sites (N-methyl/N-ethyl adjacent to an activating group) is 1. The van der Waals surface area contributed by atoms with E-state index < -0.39 is 0 Å². The molecule has 1 aliphatic heterocycles. The summed E-state index contributed by atoms with van der Waals surface area (Å²) in [6.07, 6.45) is 7.49. The minimum absolute atomic E-state index is 0.104. The molecule has 106 valence electrons. The zero-order chi connectivity index (χ0) is 12.8. The van der Waals surface area contributed by atoms with Crippen molar-refractivity contribution in [1.29, 1.82) is 0 Å². The molecule has 18 heavy (non-hydrogen) atoms. The molecular weight excluding hydrogens is 226 g/mol. The molecule has 0 aromatic carbocycles. The minimum Gasteiger partial charge on any atom is -0.381 e. The van der Waals surface area contributed by atoms with Crippen molar-refractivity contribution in [2.45, 2.75) is 64.0 Å². The molecule has 1 saturated carbocycles. The van der Waals surface area contributed by atoms with Crippen LogP contribution in [0.4, 0.5) is 0 Å². The number of ether oxygens (including phenoxy) is 2. The highest BCUT2D eigenvalue weighted by Gasteiger charge is 2.45. The van der Waals surface area contributed by atoms with Crippen molar-refractivity contribution in [3.63, 3.8) is 0 Å². The van der Waals surface area contributed by atoms with Crippen LogP contribution in [0.15, 0.2) is 0 Å². The van der Waals surface area contributed by atoms with Gasteiger partial charge in [-0.25, -0.2) is 0 Å². The van der Waals surface area contributed by atoms with Crippen molar-refractivity contribution < 1.29 is 9.47 Å². The molecule has 1 aliphatic carbocycles. The second-order valence-electron chi connectivity index (χ2n) is 5.69. The number of hydrogen-bond acceptors (Lipinski definition) is 3. The first-order chi connectivity index (χ1) is 8.82. The number of hydrogen-bond donors (Lipinski definition) is 1. The fourth-order valence-electron chi connectivity index (χ4n) is 3.86. The van der Waals surface area contributed by atoms with E-state index in [1.54, 1.807) is 0 Å². The fraction of sp³-hybridized carbons (Fsp3) is 1.00. The van der Waals surface area contributed by atoms with Crippen LogP contribution >= 0.6 is 0 Å². The highest BCUT2D eigenvalue weighted by Crippen LogP contribution is 2.40. The Kier molecular flexibility index (Phi) is 5.46. The Morgan fingerprint density at radius 1 is 1.22 bits per heavy atom. The lowest BCUT2D eigenvalue weighted by molar-refractivity contribution is -0.0870. The molecule has 1 heterocycles. The van der Waals surface area contributed by atoms with Crippen LogP contribution in [0.3, 0.4) is 0 Å². The van der Waals surface area contributed by atoms with Crippen LogP contribution in [0, 0.1) is 5.92 Å². The van der Waals surface area contributed by atoms with Crippen LogP contribution < -0.4 is 5.32 Å². The van der Waals surface area contributed by atoms with Gasteiger partial charge in [0.1, 0.15) is 0 Å². The molecule has 2 fully saturated rings. The molecule has 2 rings (SSSR count). The highest BCUT2D eigenvalue weighted by atomic mass is 16.5. The Hall–Kier alpha value is -0.120. The molecule has 0 bridgehead atoms. The summed E-state index contributed by atoms with van der Waals surface area (Å²) < 4.78 is 11.8. The molecule has 1 saturated heterocycles. The van der Waals surface area contributed by atoms with Crippen LogP contribution in [0.5, 0.6) is 0 Å². The molecule has 0 spiro atoms. The average Bonchev–Trinajstić information content (AvgIpc) is 2.87. The summed E-state index contributed by atoms with van der Waals surface area (Å²) >= 11 is 0. The smallest absolute Gasteiger partial charge is 0.0837 e. The van der Waals surface area contributed by atoms with Crippen molar-refractivity contribution in [3.8, 4) is 0 Å². The van der Waals surface area contributed by atoms with Crippen LogP contribution in [0.2, 0.25) is 0 Å². The van der Waals surface area contributed by atoms with Crippen LogP contribution in [-0.2, 0) is 9.47 Å². The third-order valence-corrected chi connectivity index (χ3v) is 4.61. The summed E-state index contributed by atoms with van der Waals surface area (Å²) in [5.74, 6) is 0.725. The molecule has 3 nitrogen and oxygen atoms in total. The van der Waals surface area contributed by atoms with Crippen molar-refractivity contribution in [2.24, 2.45) is 5.92 Å². The van der Waals surface area contributed by atoms with E-state index in [0.717, 1.165) is 32.3 Å². The molecule has 1 unspecified atom stereocenters. The first-order valence-electron chi connectivity index (χ1n) is 7.77. The van der Waals surface area contributed by atoms with Gasteiger partial charge in [0.2, 0.25) is 0 Å². The van der Waals surface area contributed by atoms with Gasteiger partial charge >= 0.3 is 0 Å². The van der Waals surface area contributed by atoms with Crippen molar-refractivity contribution >= 4 is 0 Å². The molecular formula is C15H29NO2. The highest BCUT2D eigenvalue weighted by molar-refractivity contribution is 5.00. The van der Waals surface area contributed by atoms with Gasteiger partial charge in [-0.3, -0.25) is 0 Å². The Balaban J connectivity index is 2.09. The maximum absolute atomic E-state index is 6.26. The number of rotatable bonds is 6. The topological polar surface area (TPSA) is 30.5 Å². The van der Waals surface area contributed by atoms with E-state index in [2.05, 4.69) is 19.2 Å². The maximum atomic E-state index is 6.26. The lowest BCUT2D eigenvalue weighted by Gasteiger charge is -2.43. The van der Waals surface area contributed by atoms with Crippen LogP contribution in [-0.4, -0.2) is 38.0 Å². The quantitative estimate of drug-likeness (QED) is 0.791. The Morgan fingerprint density at radius 2 is 1.89 bits per heavy atom. The predicted molar refractivity (Wildman–Crippen MR) is 73.8 cm³/mol. The van der Waals surface area contributed by atoms with E-state index in [4.69, 9.17) is 9.47 Å². The van der Waals surface area contributed by atoms with E-state index in [1.807, 2.05) is 0 Å². The third kappa shape index (κ3) is 3.06. The second-order valence-corrected chi connectivity index (χ2v) is 5.69. The monoisotopic (exact) mass is 255 g/mol. The minimum atomic E-state index is 0.104. The zero-order valence-electron chi connectivity index (χ0n) is 12.0. The fourth-order valence-corrected chi connectivity index (χ4v) is 3.86. The summed E-state index contributed by atoms with van der Waals surface area (Å²) in [6.45, 7) is 8.07. The summed E-state index contributed by atoms with van der Waals surface area (Å²) in [5.41, 5.74) is 0.104. The first-order valence-corrected chi connectivity index (χ1v) is 7.77.